The first kappa shape index (κ1) is 14.0. The van der Waals surface area contributed by atoms with Crippen LogP contribution in [-0.2, 0) is 6.42 Å². The van der Waals surface area contributed by atoms with Crippen LogP contribution in [0.5, 0.6) is 0 Å². The van der Waals surface area contributed by atoms with Gasteiger partial charge in [-0.15, -0.1) is 11.8 Å². The number of hydrogen-bond acceptors (Lipinski definition) is 2. The molecule has 1 nitrogen and oxygen atoms in total. The fourth-order valence-corrected chi connectivity index (χ4v) is 3.88. The molecule has 0 spiro atoms. The molecule has 2 rings (SSSR count). The first-order valence-electron chi connectivity index (χ1n) is 7.24. The van der Waals surface area contributed by atoms with Crippen LogP contribution in [0.4, 0.5) is 0 Å². The van der Waals surface area contributed by atoms with Gasteiger partial charge >= 0.3 is 0 Å². The number of likely N-dealkylation sites (N-methyl/N-ethyl adjacent to an activating group) is 1. The van der Waals surface area contributed by atoms with Gasteiger partial charge in [-0.2, -0.15) is 0 Å². The summed E-state index contributed by atoms with van der Waals surface area (Å²) in [4.78, 5) is 1.45. The molecule has 1 fully saturated rings. The summed E-state index contributed by atoms with van der Waals surface area (Å²) in [6.45, 7) is 2.24. The van der Waals surface area contributed by atoms with Crippen LogP contribution in [0.25, 0.3) is 0 Å². The summed E-state index contributed by atoms with van der Waals surface area (Å²) in [5.41, 5.74) is 1.45. The zero-order valence-electron chi connectivity index (χ0n) is 11.6. The Kier molecular flexibility index (Phi) is 5.58. The van der Waals surface area contributed by atoms with Crippen LogP contribution in [0.1, 0.15) is 44.6 Å². The lowest BCUT2D eigenvalue weighted by atomic mass is 10.0. The molecule has 0 aliphatic heterocycles. The van der Waals surface area contributed by atoms with Gasteiger partial charge in [-0.05, 0) is 50.4 Å². The van der Waals surface area contributed by atoms with E-state index in [9.17, 15) is 0 Å². The first-order chi connectivity index (χ1) is 8.81. The highest BCUT2D eigenvalue weighted by molar-refractivity contribution is 8.00. The summed E-state index contributed by atoms with van der Waals surface area (Å²) < 4.78 is 0. The average Bonchev–Trinajstić information content (AvgIpc) is 2.91. The minimum Gasteiger partial charge on any atom is -0.317 e. The number of rotatable bonds is 6. The quantitative estimate of drug-likeness (QED) is 0.823. The Labute approximate surface area is 116 Å². The van der Waals surface area contributed by atoms with Crippen LogP contribution >= 0.6 is 11.8 Å². The molecule has 0 amide bonds. The molecule has 1 unspecified atom stereocenters. The summed E-state index contributed by atoms with van der Waals surface area (Å²) in [5, 5.41) is 4.24. The summed E-state index contributed by atoms with van der Waals surface area (Å²) >= 11 is 2.07. The highest BCUT2D eigenvalue weighted by Crippen LogP contribution is 2.34. The van der Waals surface area contributed by atoms with Gasteiger partial charge in [0.1, 0.15) is 0 Å². The molecule has 2 heteroatoms. The number of benzene rings is 1. The Balaban J connectivity index is 1.88. The molecule has 100 valence electrons. The molecule has 0 radical (unpaired) electrons. The van der Waals surface area contributed by atoms with Gasteiger partial charge in [0.15, 0.2) is 0 Å². The summed E-state index contributed by atoms with van der Waals surface area (Å²) in [6.07, 6.45) is 8.00. The topological polar surface area (TPSA) is 12.0 Å². The third-order valence-corrected chi connectivity index (χ3v) is 5.26. The van der Waals surface area contributed by atoms with E-state index in [-0.39, 0.29) is 0 Å². The van der Waals surface area contributed by atoms with Crippen molar-refractivity contribution in [3.63, 3.8) is 0 Å². The maximum atomic E-state index is 3.37. The predicted molar refractivity (Wildman–Crippen MR) is 81.4 cm³/mol. The zero-order chi connectivity index (χ0) is 12.8. The van der Waals surface area contributed by atoms with Crippen molar-refractivity contribution < 1.29 is 0 Å². The van der Waals surface area contributed by atoms with E-state index < -0.39 is 0 Å². The molecule has 1 aromatic rings. The lowest BCUT2D eigenvalue weighted by Crippen LogP contribution is -2.26. The van der Waals surface area contributed by atoms with Gasteiger partial charge in [0.2, 0.25) is 0 Å². The number of thioether (sulfide) groups is 1. The standard InChI is InChI=1S/C16H25NS/c1-3-14(17-2)12-13-8-10-16(11-9-13)18-15-6-4-5-7-15/h8-11,14-15,17H,3-7,12H2,1-2H3. The van der Waals surface area contributed by atoms with Crippen LogP contribution in [0.15, 0.2) is 29.2 Å². The maximum absolute atomic E-state index is 3.37. The van der Waals surface area contributed by atoms with Gasteiger partial charge < -0.3 is 5.32 Å². The van der Waals surface area contributed by atoms with Gasteiger partial charge in [0.05, 0.1) is 0 Å². The van der Waals surface area contributed by atoms with Crippen molar-refractivity contribution in [2.75, 3.05) is 7.05 Å². The summed E-state index contributed by atoms with van der Waals surface area (Å²) in [5.74, 6) is 0. The van der Waals surface area contributed by atoms with Crippen molar-refractivity contribution in [3.05, 3.63) is 29.8 Å². The van der Waals surface area contributed by atoms with E-state index in [0.717, 1.165) is 11.7 Å². The average molecular weight is 263 g/mol. The largest absolute Gasteiger partial charge is 0.317 e. The molecule has 0 bridgehead atoms. The molecule has 1 aliphatic carbocycles. The Morgan fingerprint density at radius 1 is 1.22 bits per heavy atom. The monoisotopic (exact) mass is 263 g/mol. The minimum atomic E-state index is 0.610. The van der Waals surface area contributed by atoms with Gasteiger partial charge in [0.25, 0.3) is 0 Å². The Bertz CT molecular complexity index is 314. The number of hydrogen-bond donors (Lipinski definition) is 1. The van der Waals surface area contributed by atoms with Crippen LogP contribution in [0.2, 0.25) is 0 Å². The first-order valence-corrected chi connectivity index (χ1v) is 8.12. The highest BCUT2D eigenvalue weighted by atomic mass is 32.2. The van der Waals surface area contributed by atoms with Gasteiger partial charge in [0, 0.05) is 16.2 Å². The SMILES string of the molecule is CCC(Cc1ccc(SC2CCCC2)cc1)NC. The van der Waals surface area contributed by atoms with Crippen molar-refractivity contribution in [1.82, 2.24) is 5.32 Å². The normalized spacial score (nSPS) is 18.1. The van der Waals surface area contributed by atoms with E-state index >= 15 is 0 Å². The molecule has 1 aliphatic rings. The lowest BCUT2D eigenvalue weighted by molar-refractivity contribution is 0.543. The lowest BCUT2D eigenvalue weighted by Gasteiger charge is -2.14. The molecule has 18 heavy (non-hydrogen) atoms. The highest BCUT2D eigenvalue weighted by Gasteiger charge is 2.15. The van der Waals surface area contributed by atoms with Crippen LogP contribution in [-0.4, -0.2) is 18.3 Å². The molecule has 1 atom stereocenters. The van der Waals surface area contributed by atoms with E-state index in [2.05, 4.69) is 55.3 Å². The zero-order valence-corrected chi connectivity index (χ0v) is 12.4. The van der Waals surface area contributed by atoms with Crippen molar-refractivity contribution in [2.45, 2.75) is 61.6 Å². The Morgan fingerprint density at radius 2 is 1.89 bits per heavy atom. The predicted octanol–water partition coefficient (Wildman–Crippen LogP) is 4.26. The van der Waals surface area contributed by atoms with Crippen molar-refractivity contribution in [1.29, 1.82) is 0 Å². The third kappa shape index (κ3) is 4.03. The van der Waals surface area contributed by atoms with Crippen LogP contribution in [0.3, 0.4) is 0 Å². The van der Waals surface area contributed by atoms with E-state index in [1.54, 1.807) is 0 Å². The fourth-order valence-electron chi connectivity index (χ4n) is 2.64. The maximum Gasteiger partial charge on any atom is 0.0102 e. The second kappa shape index (κ2) is 7.20. The van der Waals surface area contributed by atoms with E-state index in [1.165, 1.54) is 42.6 Å². The minimum absolute atomic E-state index is 0.610. The second-order valence-corrected chi connectivity index (χ2v) is 6.64. The Morgan fingerprint density at radius 3 is 2.44 bits per heavy atom. The molecule has 0 aromatic heterocycles. The van der Waals surface area contributed by atoms with Gasteiger partial charge in [-0.25, -0.2) is 0 Å². The van der Waals surface area contributed by atoms with Crippen LogP contribution < -0.4 is 5.32 Å². The summed E-state index contributed by atoms with van der Waals surface area (Å²) in [6, 6.07) is 9.83. The summed E-state index contributed by atoms with van der Waals surface area (Å²) in [7, 11) is 2.05. The van der Waals surface area contributed by atoms with E-state index in [0.29, 0.717) is 6.04 Å². The molecule has 1 saturated carbocycles. The van der Waals surface area contributed by atoms with Crippen molar-refractivity contribution >= 4 is 11.8 Å². The molecule has 1 aromatic carbocycles. The van der Waals surface area contributed by atoms with Crippen LogP contribution in [0, 0.1) is 0 Å². The third-order valence-electron chi connectivity index (χ3n) is 3.91. The number of nitrogens with one attached hydrogen (secondary N) is 1. The van der Waals surface area contributed by atoms with Gasteiger partial charge in [-0.1, -0.05) is 31.9 Å². The van der Waals surface area contributed by atoms with Crippen molar-refractivity contribution in [2.24, 2.45) is 0 Å². The second-order valence-electron chi connectivity index (χ2n) is 5.27. The molecular weight excluding hydrogens is 238 g/mol. The van der Waals surface area contributed by atoms with E-state index in [1.807, 2.05) is 0 Å². The van der Waals surface area contributed by atoms with Gasteiger partial charge in [-0.3, -0.25) is 0 Å². The molecule has 0 saturated heterocycles. The smallest absolute Gasteiger partial charge is 0.0102 e. The van der Waals surface area contributed by atoms with Crippen molar-refractivity contribution in [3.8, 4) is 0 Å². The molecule has 1 N–H and O–H groups in total. The fraction of sp³-hybridized carbons (Fsp3) is 0.625. The van der Waals surface area contributed by atoms with E-state index in [4.69, 9.17) is 0 Å². The molecule has 0 heterocycles. The molecular formula is C16H25NS. The Hall–Kier alpha value is -0.470.